The molecular weight excluding hydrogens is 457 g/mol. The summed E-state index contributed by atoms with van der Waals surface area (Å²) in [6.45, 7) is 5.14. The molecule has 0 bridgehead atoms. The van der Waals surface area contributed by atoms with Crippen molar-refractivity contribution in [3.05, 3.63) is 93.7 Å². The molecule has 5 nitrogen and oxygen atoms in total. The molecule has 0 aliphatic rings. The molecule has 0 radical (unpaired) electrons. The van der Waals surface area contributed by atoms with Crippen molar-refractivity contribution in [1.29, 1.82) is 0 Å². The normalized spacial score (nSPS) is 12.0. The fourth-order valence-electron chi connectivity index (χ4n) is 3.76. The Hall–Kier alpha value is -3.02. The SMILES string of the molecule is Cc1cc(OCCCn2c(C(C)NC(=O)c3ccccc3Cl)nc3ccccc32)ccc1Cl. The van der Waals surface area contributed by atoms with E-state index in [2.05, 4.69) is 9.88 Å². The number of benzene rings is 3. The highest BCUT2D eigenvalue weighted by molar-refractivity contribution is 6.33. The minimum atomic E-state index is -0.305. The molecule has 4 rings (SSSR count). The van der Waals surface area contributed by atoms with Gasteiger partial charge in [0.25, 0.3) is 5.91 Å². The number of aryl methyl sites for hydroxylation is 2. The van der Waals surface area contributed by atoms with Crippen molar-refractivity contribution in [2.24, 2.45) is 0 Å². The second kappa shape index (κ2) is 10.3. The van der Waals surface area contributed by atoms with Crippen LogP contribution in [0.25, 0.3) is 11.0 Å². The molecule has 1 aromatic heterocycles. The molecular formula is C26H25Cl2N3O2. The van der Waals surface area contributed by atoms with Crippen LogP contribution in [0, 0.1) is 6.92 Å². The standard InChI is InChI=1S/C26H25Cl2N3O2/c1-17-16-19(12-13-21(17)27)33-15-7-14-31-24-11-6-5-10-23(24)30-25(31)18(2)29-26(32)20-8-3-4-9-22(20)28/h3-6,8-13,16,18H,7,14-15H2,1-2H3,(H,29,32). The summed E-state index contributed by atoms with van der Waals surface area (Å²) in [5.74, 6) is 1.36. The predicted molar refractivity (Wildman–Crippen MR) is 133 cm³/mol. The molecule has 170 valence electrons. The maximum absolute atomic E-state index is 12.8. The summed E-state index contributed by atoms with van der Waals surface area (Å²) < 4.78 is 8.05. The minimum absolute atomic E-state index is 0.229. The first-order chi connectivity index (χ1) is 15.9. The molecule has 1 unspecified atom stereocenters. The third-order valence-corrected chi connectivity index (χ3v) is 6.22. The van der Waals surface area contributed by atoms with Gasteiger partial charge in [0.1, 0.15) is 11.6 Å². The van der Waals surface area contributed by atoms with Gasteiger partial charge < -0.3 is 14.6 Å². The van der Waals surface area contributed by atoms with Crippen LogP contribution in [0.2, 0.25) is 10.0 Å². The number of para-hydroxylation sites is 2. The number of carbonyl (C=O) groups excluding carboxylic acids is 1. The Bertz CT molecular complexity index is 1290. The third kappa shape index (κ3) is 5.32. The first-order valence-corrected chi connectivity index (χ1v) is 11.6. The molecule has 33 heavy (non-hydrogen) atoms. The van der Waals surface area contributed by atoms with E-state index in [4.69, 9.17) is 32.9 Å². The molecule has 0 aliphatic heterocycles. The Morgan fingerprint density at radius 1 is 1.06 bits per heavy atom. The molecule has 4 aromatic rings. The number of imidazole rings is 1. The van der Waals surface area contributed by atoms with Crippen molar-refractivity contribution < 1.29 is 9.53 Å². The summed E-state index contributed by atoms with van der Waals surface area (Å²) in [7, 11) is 0. The summed E-state index contributed by atoms with van der Waals surface area (Å²) >= 11 is 12.3. The van der Waals surface area contributed by atoms with Crippen LogP contribution in [0.4, 0.5) is 0 Å². The highest BCUT2D eigenvalue weighted by Crippen LogP contribution is 2.24. The van der Waals surface area contributed by atoms with Gasteiger partial charge in [-0.15, -0.1) is 0 Å². The van der Waals surface area contributed by atoms with Gasteiger partial charge in [-0.3, -0.25) is 4.79 Å². The van der Waals surface area contributed by atoms with Crippen molar-refractivity contribution >= 4 is 40.1 Å². The average Bonchev–Trinajstić information content (AvgIpc) is 3.18. The number of amides is 1. The summed E-state index contributed by atoms with van der Waals surface area (Å²) in [6, 6.07) is 20.3. The summed E-state index contributed by atoms with van der Waals surface area (Å²) in [4.78, 5) is 17.6. The Morgan fingerprint density at radius 3 is 2.61 bits per heavy atom. The second-order valence-electron chi connectivity index (χ2n) is 7.90. The highest BCUT2D eigenvalue weighted by Gasteiger charge is 2.20. The number of aromatic nitrogens is 2. The molecule has 1 amide bonds. The number of carbonyl (C=O) groups is 1. The van der Waals surface area contributed by atoms with E-state index < -0.39 is 0 Å². The lowest BCUT2D eigenvalue weighted by atomic mass is 10.2. The summed E-state index contributed by atoms with van der Waals surface area (Å²) in [5.41, 5.74) is 3.34. The quantitative estimate of drug-likeness (QED) is 0.288. The van der Waals surface area contributed by atoms with Crippen molar-refractivity contribution in [3.63, 3.8) is 0 Å². The molecule has 1 N–H and O–H groups in total. The first kappa shape index (κ1) is 23.1. The molecule has 3 aromatic carbocycles. The van der Waals surface area contributed by atoms with E-state index in [0.717, 1.165) is 39.6 Å². The number of hydrogen-bond acceptors (Lipinski definition) is 3. The summed E-state index contributed by atoms with van der Waals surface area (Å²) in [5, 5.41) is 4.18. The maximum atomic E-state index is 12.8. The maximum Gasteiger partial charge on any atom is 0.253 e. The zero-order valence-electron chi connectivity index (χ0n) is 18.5. The average molecular weight is 482 g/mol. The molecule has 0 spiro atoms. The van der Waals surface area contributed by atoms with E-state index in [1.807, 2.05) is 56.3 Å². The van der Waals surface area contributed by atoms with Crippen molar-refractivity contribution in [3.8, 4) is 5.75 Å². The fourth-order valence-corrected chi connectivity index (χ4v) is 4.10. The topological polar surface area (TPSA) is 56.1 Å². The summed E-state index contributed by atoms with van der Waals surface area (Å²) in [6.07, 6.45) is 0.778. The Balaban J connectivity index is 1.48. The van der Waals surface area contributed by atoms with E-state index in [1.165, 1.54) is 0 Å². The van der Waals surface area contributed by atoms with Crippen LogP contribution in [0.1, 0.15) is 41.1 Å². The number of fused-ring (bicyclic) bond motifs is 1. The van der Waals surface area contributed by atoms with Gasteiger partial charge in [-0.1, -0.05) is 47.5 Å². The molecule has 1 heterocycles. The van der Waals surface area contributed by atoms with Gasteiger partial charge >= 0.3 is 0 Å². The lowest BCUT2D eigenvalue weighted by Gasteiger charge is -2.17. The zero-order valence-corrected chi connectivity index (χ0v) is 20.0. The number of rotatable bonds is 8. The van der Waals surface area contributed by atoms with E-state index in [9.17, 15) is 4.79 Å². The van der Waals surface area contributed by atoms with Crippen molar-refractivity contribution in [1.82, 2.24) is 14.9 Å². The van der Waals surface area contributed by atoms with Gasteiger partial charge in [-0.25, -0.2) is 4.98 Å². The second-order valence-corrected chi connectivity index (χ2v) is 8.71. The number of ether oxygens (including phenoxy) is 1. The number of halogens is 2. The Morgan fingerprint density at radius 2 is 1.82 bits per heavy atom. The molecule has 0 saturated carbocycles. The first-order valence-electron chi connectivity index (χ1n) is 10.8. The predicted octanol–water partition coefficient (Wildman–Crippen LogP) is 6.61. The highest BCUT2D eigenvalue weighted by atomic mass is 35.5. The smallest absolute Gasteiger partial charge is 0.253 e. The fraction of sp³-hybridized carbons (Fsp3) is 0.231. The minimum Gasteiger partial charge on any atom is -0.494 e. The van der Waals surface area contributed by atoms with Crippen molar-refractivity contribution in [2.75, 3.05) is 6.61 Å². The molecule has 1 atom stereocenters. The molecule has 0 fully saturated rings. The molecule has 7 heteroatoms. The van der Waals surface area contributed by atoms with Crippen LogP contribution in [0.3, 0.4) is 0 Å². The van der Waals surface area contributed by atoms with Gasteiger partial charge in [0, 0.05) is 11.6 Å². The Labute approximate surface area is 203 Å². The lowest BCUT2D eigenvalue weighted by Crippen LogP contribution is -2.29. The molecule has 0 aliphatic carbocycles. The third-order valence-electron chi connectivity index (χ3n) is 5.46. The van der Waals surface area contributed by atoms with Crippen LogP contribution >= 0.6 is 23.2 Å². The van der Waals surface area contributed by atoms with Crippen LogP contribution in [-0.2, 0) is 6.54 Å². The van der Waals surface area contributed by atoms with Crippen LogP contribution in [0.5, 0.6) is 5.75 Å². The van der Waals surface area contributed by atoms with Crippen molar-refractivity contribution in [2.45, 2.75) is 32.9 Å². The van der Waals surface area contributed by atoms with E-state index in [-0.39, 0.29) is 11.9 Å². The largest absolute Gasteiger partial charge is 0.494 e. The van der Waals surface area contributed by atoms with Crippen LogP contribution < -0.4 is 10.1 Å². The van der Waals surface area contributed by atoms with Gasteiger partial charge in [0.15, 0.2) is 0 Å². The van der Waals surface area contributed by atoms with Crippen LogP contribution in [0.15, 0.2) is 66.7 Å². The van der Waals surface area contributed by atoms with Gasteiger partial charge in [-0.05, 0) is 68.3 Å². The van der Waals surface area contributed by atoms with Crippen LogP contribution in [-0.4, -0.2) is 22.1 Å². The van der Waals surface area contributed by atoms with Gasteiger partial charge in [-0.2, -0.15) is 0 Å². The van der Waals surface area contributed by atoms with E-state index in [1.54, 1.807) is 24.3 Å². The van der Waals surface area contributed by atoms with Gasteiger partial charge in [0.2, 0.25) is 0 Å². The van der Waals surface area contributed by atoms with Gasteiger partial charge in [0.05, 0.1) is 34.3 Å². The number of nitrogens with zero attached hydrogens (tertiary/aromatic N) is 2. The zero-order chi connectivity index (χ0) is 23.4. The Kier molecular flexibility index (Phi) is 7.21. The number of hydrogen-bond donors (Lipinski definition) is 1. The number of nitrogens with one attached hydrogen (secondary N) is 1. The molecule has 0 saturated heterocycles. The monoisotopic (exact) mass is 481 g/mol. The van der Waals surface area contributed by atoms with E-state index >= 15 is 0 Å². The van der Waals surface area contributed by atoms with E-state index in [0.29, 0.717) is 23.7 Å². The lowest BCUT2D eigenvalue weighted by molar-refractivity contribution is 0.0937.